The number of amides is 2. The minimum absolute atomic E-state index is 0.0695. The van der Waals surface area contributed by atoms with Crippen LogP contribution < -0.4 is 14.4 Å². The Morgan fingerprint density at radius 1 is 0.976 bits per heavy atom. The van der Waals surface area contributed by atoms with Gasteiger partial charge in [-0.1, -0.05) is 43.1 Å². The number of carbonyl (C=O) groups is 2. The van der Waals surface area contributed by atoms with Crippen molar-refractivity contribution >= 4 is 50.7 Å². The molecule has 0 radical (unpaired) electrons. The zero-order valence-electron chi connectivity index (χ0n) is 23.8. The first kappa shape index (κ1) is 33.2. The number of anilines is 1. The Morgan fingerprint density at radius 3 is 2.19 bits per heavy atom. The van der Waals surface area contributed by atoms with Crippen LogP contribution >= 0.6 is 23.2 Å². The summed E-state index contributed by atoms with van der Waals surface area (Å²) in [5, 5.41) is 3.50. The van der Waals surface area contributed by atoms with Gasteiger partial charge in [0.1, 0.15) is 24.2 Å². The topological polar surface area (TPSA) is 96.0 Å². The van der Waals surface area contributed by atoms with E-state index in [0.717, 1.165) is 16.4 Å². The van der Waals surface area contributed by atoms with E-state index in [2.05, 4.69) is 5.32 Å². The van der Waals surface area contributed by atoms with Crippen molar-refractivity contribution in [2.45, 2.75) is 45.2 Å². The van der Waals surface area contributed by atoms with Crippen LogP contribution in [0.3, 0.4) is 0 Å². The highest BCUT2D eigenvalue weighted by Crippen LogP contribution is 2.27. The lowest BCUT2D eigenvalue weighted by Crippen LogP contribution is -2.51. The van der Waals surface area contributed by atoms with Crippen LogP contribution in [0.25, 0.3) is 0 Å². The lowest BCUT2D eigenvalue weighted by atomic mass is 10.1. The maximum absolute atomic E-state index is 14.0. The van der Waals surface area contributed by atoms with Crippen LogP contribution in [-0.4, -0.2) is 50.9 Å². The third-order valence-electron chi connectivity index (χ3n) is 6.32. The number of halogens is 3. The fourth-order valence-electron chi connectivity index (χ4n) is 4.01. The number of hydrogen-bond acceptors (Lipinski definition) is 5. The monoisotopic (exact) mass is 637 g/mol. The Balaban J connectivity index is 2.02. The van der Waals surface area contributed by atoms with E-state index in [1.165, 1.54) is 47.4 Å². The minimum atomic E-state index is -4.32. The van der Waals surface area contributed by atoms with Gasteiger partial charge >= 0.3 is 0 Å². The normalized spacial score (nSPS) is 12.1. The quantitative estimate of drug-likeness (QED) is 0.251. The largest absolute Gasteiger partial charge is 0.494 e. The predicted octanol–water partition coefficient (Wildman–Crippen LogP) is 5.92. The third kappa shape index (κ3) is 8.59. The van der Waals surface area contributed by atoms with Gasteiger partial charge in [-0.2, -0.15) is 0 Å². The first-order chi connectivity index (χ1) is 19.8. The number of carbonyl (C=O) groups excluding carboxylic acids is 2. The molecule has 0 heterocycles. The summed E-state index contributed by atoms with van der Waals surface area (Å²) in [4.78, 5) is 28.2. The molecule has 0 aliphatic heterocycles. The average molecular weight is 639 g/mol. The first-order valence-electron chi connectivity index (χ1n) is 13.4. The molecule has 3 aromatic carbocycles. The van der Waals surface area contributed by atoms with Crippen LogP contribution in [0.5, 0.6) is 5.75 Å². The maximum atomic E-state index is 14.0. The first-order valence-corrected chi connectivity index (χ1v) is 15.5. The van der Waals surface area contributed by atoms with Gasteiger partial charge in [-0.25, -0.2) is 12.8 Å². The zero-order chi connectivity index (χ0) is 31.0. The minimum Gasteiger partial charge on any atom is -0.494 e. The molecule has 0 fully saturated rings. The van der Waals surface area contributed by atoms with Gasteiger partial charge in [0.2, 0.25) is 11.8 Å². The van der Waals surface area contributed by atoms with Gasteiger partial charge in [-0.05, 0) is 86.0 Å². The fraction of sp³-hybridized carbons (Fsp3) is 0.333. The number of benzene rings is 3. The SMILES string of the molecule is CCOc1ccc(S(=O)(=O)N(CC(=O)N(Cc2ccc(Cl)cc2Cl)[C@@H](C)C(=O)NCC(C)C)c2ccc(F)cc2)cc1. The van der Waals surface area contributed by atoms with Gasteiger partial charge in [0, 0.05) is 23.1 Å². The highest BCUT2D eigenvalue weighted by atomic mass is 35.5. The molecular formula is C30H34Cl2FN3O5S. The smallest absolute Gasteiger partial charge is 0.264 e. The molecule has 0 aromatic heterocycles. The summed E-state index contributed by atoms with van der Waals surface area (Å²) < 4.78 is 47.9. The lowest BCUT2D eigenvalue weighted by Gasteiger charge is -2.32. The summed E-state index contributed by atoms with van der Waals surface area (Å²) >= 11 is 12.4. The molecule has 0 aliphatic carbocycles. The molecule has 0 aliphatic rings. The molecule has 0 spiro atoms. The molecule has 0 saturated heterocycles. The molecule has 1 atom stereocenters. The second-order valence-electron chi connectivity index (χ2n) is 9.96. The second-order valence-corrected chi connectivity index (χ2v) is 12.7. The molecule has 8 nitrogen and oxygen atoms in total. The summed E-state index contributed by atoms with van der Waals surface area (Å²) in [5.74, 6) is -1.01. The lowest BCUT2D eigenvalue weighted by molar-refractivity contribution is -0.139. The second kappa shape index (κ2) is 14.7. The highest BCUT2D eigenvalue weighted by Gasteiger charge is 2.33. The van der Waals surface area contributed by atoms with Crippen LogP contribution in [0.4, 0.5) is 10.1 Å². The maximum Gasteiger partial charge on any atom is 0.264 e. The van der Waals surface area contributed by atoms with Gasteiger partial charge in [-0.3, -0.25) is 13.9 Å². The zero-order valence-corrected chi connectivity index (χ0v) is 26.1. The molecule has 2 amide bonds. The van der Waals surface area contributed by atoms with Crippen LogP contribution in [0.15, 0.2) is 71.6 Å². The molecule has 0 bridgehead atoms. The van der Waals surface area contributed by atoms with E-state index in [0.29, 0.717) is 29.5 Å². The number of nitrogens with one attached hydrogen (secondary N) is 1. The Labute approximate surface area is 256 Å². The number of sulfonamides is 1. The molecule has 1 N–H and O–H groups in total. The van der Waals surface area contributed by atoms with E-state index in [-0.39, 0.29) is 28.1 Å². The summed E-state index contributed by atoms with van der Waals surface area (Å²) in [6.45, 7) is 7.26. The van der Waals surface area contributed by atoms with Crippen LogP contribution in [-0.2, 0) is 26.2 Å². The molecule has 0 unspecified atom stereocenters. The van der Waals surface area contributed by atoms with Crippen molar-refractivity contribution in [3.63, 3.8) is 0 Å². The van der Waals surface area contributed by atoms with Crippen molar-refractivity contribution in [1.29, 1.82) is 0 Å². The number of ether oxygens (including phenoxy) is 1. The van der Waals surface area contributed by atoms with E-state index in [1.807, 2.05) is 13.8 Å². The molecule has 0 saturated carbocycles. The van der Waals surface area contributed by atoms with Gasteiger partial charge in [-0.15, -0.1) is 0 Å². The third-order valence-corrected chi connectivity index (χ3v) is 8.70. The Hall–Kier alpha value is -3.34. The summed E-state index contributed by atoms with van der Waals surface area (Å²) in [6, 6.07) is 14.3. The van der Waals surface area contributed by atoms with Crippen LogP contribution in [0.2, 0.25) is 10.0 Å². The molecule has 12 heteroatoms. The number of hydrogen-bond donors (Lipinski definition) is 1. The predicted molar refractivity (Wildman–Crippen MR) is 163 cm³/mol. The number of rotatable bonds is 13. The van der Waals surface area contributed by atoms with Crippen molar-refractivity contribution in [3.05, 3.63) is 88.2 Å². The summed E-state index contributed by atoms with van der Waals surface area (Å²) in [6.07, 6.45) is 0. The van der Waals surface area contributed by atoms with Crippen molar-refractivity contribution in [2.24, 2.45) is 5.92 Å². The molecular weight excluding hydrogens is 604 g/mol. The average Bonchev–Trinajstić information content (AvgIpc) is 2.94. The molecule has 226 valence electrons. The summed E-state index contributed by atoms with van der Waals surface area (Å²) in [5.41, 5.74) is 0.584. The Morgan fingerprint density at radius 2 is 1.62 bits per heavy atom. The van der Waals surface area contributed by atoms with Gasteiger partial charge in [0.15, 0.2) is 0 Å². The van der Waals surface area contributed by atoms with Crippen molar-refractivity contribution in [3.8, 4) is 5.75 Å². The van der Waals surface area contributed by atoms with Crippen LogP contribution in [0, 0.1) is 11.7 Å². The fourth-order valence-corrected chi connectivity index (χ4v) is 5.89. The van der Waals surface area contributed by atoms with Crippen molar-refractivity contribution in [2.75, 3.05) is 24.0 Å². The van der Waals surface area contributed by atoms with Gasteiger partial charge in [0.05, 0.1) is 17.2 Å². The molecule has 3 rings (SSSR count). The van der Waals surface area contributed by atoms with E-state index >= 15 is 0 Å². The van der Waals surface area contributed by atoms with Crippen LogP contribution in [0.1, 0.15) is 33.3 Å². The molecule has 42 heavy (non-hydrogen) atoms. The Bertz CT molecular complexity index is 1490. The van der Waals surface area contributed by atoms with Gasteiger partial charge < -0.3 is 15.0 Å². The van der Waals surface area contributed by atoms with E-state index < -0.39 is 40.2 Å². The van der Waals surface area contributed by atoms with Gasteiger partial charge in [0.25, 0.3) is 10.0 Å². The van der Waals surface area contributed by atoms with Crippen molar-refractivity contribution < 1.29 is 27.1 Å². The number of nitrogens with zero attached hydrogens (tertiary/aromatic N) is 2. The van der Waals surface area contributed by atoms with Crippen molar-refractivity contribution in [1.82, 2.24) is 10.2 Å². The van der Waals surface area contributed by atoms with E-state index in [4.69, 9.17) is 27.9 Å². The Kier molecular flexibility index (Phi) is 11.6. The highest BCUT2D eigenvalue weighted by molar-refractivity contribution is 7.92. The van der Waals surface area contributed by atoms with E-state index in [1.54, 1.807) is 26.0 Å². The van der Waals surface area contributed by atoms with E-state index in [9.17, 15) is 22.4 Å². The summed E-state index contributed by atoms with van der Waals surface area (Å²) in [7, 11) is -4.32. The standard InChI is InChI=1S/C30H34Cl2FN3O5S/c1-5-41-26-12-14-27(15-13-26)42(39,40)36(25-10-8-24(33)9-11-25)19-29(37)35(21(4)30(38)34-17-20(2)3)18-22-6-7-23(31)16-28(22)32/h6-16,20-21H,5,17-19H2,1-4H3,(H,34,38)/t21-/m0/s1. The molecule has 3 aromatic rings.